The van der Waals surface area contributed by atoms with Crippen LogP contribution in [0.4, 0.5) is 0 Å². The zero-order valence-electron chi connectivity index (χ0n) is 8.45. The fourth-order valence-corrected chi connectivity index (χ4v) is 1.54. The van der Waals surface area contributed by atoms with Gasteiger partial charge >= 0.3 is 5.97 Å². The molecule has 0 spiro atoms. The van der Waals surface area contributed by atoms with Crippen molar-refractivity contribution in [2.75, 3.05) is 13.2 Å². The minimum atomic E-state index is -0.421. The number of carbonyl (C=O) groups is 1. The van der Waals surface area contributed by atoms with E-state index in [9.17, 15) is 4.79 Å². The Morgan fingerprint density at radius 1 is 1.73 bits per heavy atom. The van der Waals surface area contributed by atoms with Gasteiger partial charge in [-0.05, 0) is 6.92 Å². The molecule has 0 saturated heterocycles. The first-order chi connectivity index (χ1) is 7.29. The first kappa shape index (κ1) is 11.7. The Morgan fingerprint density at radius 3 is 3.20 bits per heavy atom. The molecule has 0 saturated carbocycles. The topological polar surface area (TPSA) is 65.2 Å². The van der Waals surface area contributed by atoms with Crippen molar-refractivity contribution < 1.29 is 9.53 Å². The molecule has 0 aliphatic rings. The lowest BCUT2D eigenvalue weighted by Crippen LogP contribution is -2.06. The minimum Gasteiger partial charge on any atom is -0.461 e. The molecule has 5 heteroatoms. The maximum absolute atomic E-state index is 11.4. The van der Waals surface area contributed by atoms with Crippen molar-refractivity contribution in [2.45, 2.75) is 13.3 Å². The Kier molecular flexibility index (Phi) is 4.81. The maximum atomic E-state index is 11.4. The van der Waals surface area contributed by atoms with Crippen molar-refractivity contribution in [1.29, 1.82) is 0 Å². The fraction of sp³-hybridized carbons (Fsp3) is 0.400. The van der Waals surface area contributed by atoms with Crippen molar-refractivity contribution in [3.63, 3.8) is 0 Å². The third-order valence-corrected chi connectivity index (χ3v) is 2.25. The van der Waals surface area contributed by atoms with Gasteiger partial charge in [-0.2, -0.15) is 0 Å². The standard InChI is InChI=1S/C10H12N2O2S/c1-2-14-10(13)9-8(15-7-12-9)5-3-4-6-11/h7H,2,4,6,11H2,1H3. The highest BCUT2D eigenvalue weighted by atomic mass is 32.1. The molecular formula is C10H12N2O2S. The van der Waals surface area contributed by atoms with Crippen molar-refractivity contribution >= 4 is 17.3 Å². The second-order valence-electron chi connectivity index (χ2n) is 2.59. The number of esters is 1. The number of thiazole rings is 1. The van der Waals surface area contributed by atoms with Crippen LogP contribution in [-0.4, -0.2) is 24.1 Å². The van der Waals surface area contributed by atoms with E-state index in [4.69, 9.17) is 10.5 Å². The van der Waals surface area contributed by atoms with Crippen molar-refractivity contribution in [2.24, 2.45) is 5.73 Å². The number of nitrogens with zero attached hydrogens (tertiary/aromatic N) is 1. The van der Waals surface area contributed by atoms with Gasteiger partial charge in [-0.3, -0.25) is 0 Å². The van der Waals surface area contributed by atoms with Crippen LogP contribution < -0.4 is 5.73 Å². The van der Waals surface area contributed by atoms with Crippen LogP contribution in [-0.2, 0) is 4.74 Å². The first-order valence-corrected chi connectivity index (χ1v) is 5.47. The number of rotatable bonds is 3. The summed E-state index contributed by atoms with van der Waals surface area (Å²) >= 11 is 1.33. The zero-order valence-corrected chi connectivity index (χ0v) is 9.26. The highest BCUT2D eigenvalue weighted by Gasteiger charge is 2.13. The van der Waals surface area contributed by atoms with Gasteiger partial charge in [-0.1, -0.05) is 11.8 Å². The number of hydrogen-bond acceptors (Lipinski definition) is 5. The molecule has 4 nitrogen and oxygen atoms in total. The van der Waals surface area contributed by atoms with Crippen molar-refractivity contribution in [1.82, 2.24) is 4.98 Å². The van der Waals surface area contributed by atoms with Gasteiger partial charge < -0.3 is 10.5 Å². The number of nitrogens with two attached hydrogens (primary N) is 1. The van der Waals surface area contributed by atoms with E-state index in [1.54, 1.807) is 12.4 Å². The molecule has 0 atom stereocenters. The summed E-state index contributed by atoms with van der Waals surface area (Å²) in [5, 5.41) is 0. The normalized spacial score (nSPS) is 9.20. The van der Waals surface area contributed by atoms with Crippen LogP contribution in [0.25, 0.3) is 0 Å². The molecule has 1 aromatic rings. The highest BCUT2D eigenvalue weighted by molar-refractivity contribution is 7.10. The summed E-state index contributed by atoms with van der Waals surface area (Å²) in [4.78, 5) is 16.0. The Hall–Kier alpha value is -1.38. The lowest BCUT2D eigenvalue weighted by Gasteiger charge is -1.97. The summed E-state index contributed by atoms with van der Waals surface area (Å²) in [6.45, 7) is 2.61. The van der Waals surface area contributed by atoms with Gasteiger partial charge in [-0.15, -0.1) is 11.3 Å². The zero-order chi connectivity index (χ0) is 11.1. The molecular weight excluding hydrogens is 212 g/mol. The van der Waals surface area contributed by atoms with Gasteiger partial charge in [0.05, 0.1) is 12.1 Å². The Labute approximate surface area is 92.5 Å². The summed E-state index contributed by atoms with van der Waals surface area (Å²) in [5.74, 6) is 5.30. The SMILES string of the molecule is CCOC(=O)c1ncsc1C#CCCN. The van der Waals surface area contributed by atoms with E-state index in [2.05, 4.69) is 16.8 Å². The van der Waals surface area contributed by atoms with E-state index in [0.717, 1.165) is 0 Å². The maximum Gasteiger partial charge on any atom is 0.359 e. The molecule has 0 amide bonds. The van der Waals surface area contributed by atoms with Crippen LogP contribution in [0.3, 0.4) is 0 Å². The third-order valence-electron chi connectivity index (χ3n) is 1.51. The van der Waals surface area contributed by atoms with Gasteiger partial charge in [0, 0.05) is 13.0 Å². The van der Waals surface area contributed by atoms with E-state index in [0.29, 0.717) is 30.1 Å². The largest absolute Gasteiger partial charge is 0.461 e. The minimum absolute atomic E-state index is 0.298. The Morgan fingerprint density at radius 2 is 2.53 bits per heavy atom. The van der Waals surface area contributed by atoms with Gasteiger partial charge in [0.15, 0.2) is 5.69 Å². The predicted molar refractivity (Wildman–Crippen MR) is 58.6 cm³/mol. The summed E-state index contributed by atoms with van der Waals surface area (Å²) in [5.41, 5.74) is 7.19. The number of hydrogen-bond donors (Lipinski definition) is 1. The van der Waals surface area contributed by atoms with E-state index in [1.165, 1.54) is 11.3 Å². The van der Waals surface area contributed by atoms with E-state index in [1.807, 2.05) is 0 Å². The van der Waals surface area contributed by atoms with Crippen molar-refractivity contribution in [3.05, 3.63) is 16.1 Å². The third kappa shape index (κ3) is 3.35. The van der Waals surface area contributed by atoms with Crippen LogP contribution in [0.1, 0.15) is 28.7 Å². The van der Waals surface area contributed by atoms with Gasteiger partial charge in [-0.25, -0.2) is 9.78 Å². The quantitative estimate of drug-likeness (QED) is 0.615. The van der Waals surface area contributed by atoms with Gasteiger partial charge in [0.1, 0.15) is 4.88 Å². The molecule has 0 aliphatic heterocycles. The summed E-state index contributed by atoms with van der Waals surface area (Å²) in [7, 11) is 0. The molecule has 1 aromatic heterocycles. The lowest BCUT2D eigenvalue weighted by molar-refractivity contribution is 0.0520. The van der Waals surface area contributed by atoms with E-state index < -0.39 is 5.97 Å². The monoisotopic (exact) mass is 224 g/mol. The average molecular weight is 224 g/mol. The van der Waals surface area contributed by atoms with Crippen LogP contribution >= 0.6 is 11.3 Å². The second kappa shape index (κ2) is 6.17. The van der Waals surface area contributed by atoms with E-state index >= 15 is 0 Å². The first-order valence-electron chi connectivity index (χ1n) is 4.59. The summed E-state index contributed by atoms with van der Waals surface area (Å²) < 4.78 is 4.85. The molecule has 0 fully saturated rings. The summed E-state index contributed by atoms with van der Waals surface area (Å²) in [6.07, 6.45) is 0.611. The molecule has 0 radical (unpaired) electrons. The molecule has 0 aliphatic carbocycles. The summed E-state index contributed by atoms with van der Waals surface area (Å²) in [6, 6.07) is 0. The van der Waals surface area contributed by atoms with Crippen molar-refractivity contribution in [3.8, 4) is 11.8 Å². The molecule has 80 valence electrons. The molecule has 1 heterocycles. The second-order valence-corrected chi connectivity index (χ2v) is 3.45. The van der Waals surface area contributed by atoms with Gasteiger partial charge in [0.25, 0.3) is 0 Å². The Balaban J connectivity index is 2.78. The number of aromatic nitrogens is 1. The molecule has 0 unspecified atom stereocenters. The van der Waals surface area contributed by atoms with Crippen LogP contribution in [0.2, 0.25) is 0 Å². The number of carbonyl (C=O) groups excluding carboxylic acids is 1. The molecule has 0 aromatic carbocycles. The fourth-order valence-electron chi connectivity index (χ4n) is 0.895. The molecule has 2 N–H and O–H groups in total. The predicted octanol–water partition coefficient (Wildman–Crippen LogP) is 1.02. The van der Waals surface area contributed by atoms with E-state index in [-0.39, 0.29) is 0 Å². The molecule has 0 bridgehead atoms. The van der Waals surface area contributed by atoms with Crippen LogP contribution in [0, 0.1) is 11.8 Å². The number of ether oxygens (including phenoxy) is 1. The van der Waals surface area contributed by atoms with Gasteiger partial charge in [0.2, 0.25) is 0 Å². The average Bonchev–Trinajstić information content (AvgIpc) is 2.67. The van der Waals surface area contributed by atoms with Crippen LogP contribution in [0.15, 0.2) is 5.51 Å². The van der Waals surface area contributed by atoms with Crippen LogP contribution in [0.5, 0.6) is 0 Å². The molecule has 1 rings (SSSR count). The highest BCUT2D eigenvalue weighted by Crippen LogP contribution is 2.12. The lowest BCUT2D eigenvalue weighted by atomic mass is 10.3. The smallest absolute Gasteiger partial charge is 0.359 e. The molecule has 15 heavy (non-hydrogen) atoms. The Bertz CT molecular complexity index is 390.